The van der Waals surface area contributed by atoms with Gasteiger partial charge >= 0.3 is 0 Å². The lowest BCUT2D eigenvalue weighted by atomic mass is 9.83. The van der Waals surface area contributed by atoms with E-state index in [2.05, 4.69) is 65.0 Å². The standard InChI is InChI=1S/C19H22O/c1-12(2)15-10-13(19(3,4)5)11-17-18(15)14-8-6-7-9-16(14)20-17/h6-12H,1-5H3. The second-order valence-corrected chi connectivity index (χ2v) is 6.94. The number of fused-ring (bicyclic) bond motifs is 3. The minimum atomic E-state index is 0.136. The van der Waals surface area contributed by atoms with Gasteiger partial charge in [-0.1, -0.05) is 58.9 Å². The maximum atomic E-state index is 6.08. The molecule has 0 unspecified atom stereocenters. The van der Waals surface area contributed by atoms with Crippen LogP contribution in [0.3, 0.4) is 0 Å². The third kappa shape index (κ3) is 2.02. The van der Waals surface area contributed by atoms with E-state index in [1.165, 1.54) is 21.9 Å². The Morgan fingerprint density at radius 3 is 2.30 bits per heavy atom. The molecule has 0 saturated heterocycles. The van der Waals surface area contributed by atoms with Crippen molar-refractivity contribution in [3.8, 4) is 0 Å². The fourth-order valence-corrected chi connectivity index (χ4v) is 2.77. The highest BCUT2D eigenvalue weighted by atomic mass is 16.3. The number of benzene rings is 2. The summed E-state index contributed by atoms with van der Waals surface area (Å²) in [6.45, 7) is 11.3. The Balaban J connectivity index is 2.45. The molecule has 20 heavy (non-hydrogen) atoms. The monoisotopic (exact) mass is 266 g/mol. The Morgan fingerprint density at radius 1 is 0.950 bits per heavy atom. The van der Waals surface area contributed by atoms with Crippen LogP contribution in [0.1, 0.15) is 51.7 Å². The zero-order valence-corrected chi connectivity index (χ0v) is 12.9. The molecule has 0 aliphatic heterocycles. The minimum absolute atomic E-state index is 0.136. The molecular weight excluding hydrogens is 244 g/mol. The van der Waals surface area contributed by atoms with Gasteiger partial charge in [-0.3, -0.25) is 0 Å². The van der Waals surface area contributed by atoms with Gasteiger partial charge in [0, 0.05) is 10.8 Å². The van der Waals surface area contributed by atoms with Crippen LogP contribution in [0.4, 0.5) is 0 Å². The van der Waals surface area contributed by atoms with E-state index in [0.717, 1.165) is 11.2 Å². The molecule has 0 saturated carbocycles. The first-order valence-corrected chi connectivity index (χ1v) is 7.33. The van der Waals surface area contributed by atoms with Gasteiger partial charge in [0.15, 0.2) is 0 Å². The van der Waals surface area contributed by atoms with Crippen molar-refractivity contribution in [2.45, 2.75) is 46.0 Å². The molecule has 0 amide bonds. The van der Waals surface area contributed by atoms with Crippen LogP contribution in [0.5, 0.6) is 0 Å². The second-order valence-electron chi connectivity index (χ2n) is 6.94. The highest BCUT2D eigenvalue weighted by Gasteiger charge is 2.20. The summed E-state index contributed by atoms with van der Waals surface area (Å²) in [5.41, 5.74) is 4.86. The van der Waals surface area contributed by atoms with E-state index in [0.29, 0.717) is 5.92 Å². The van der Waals surface area contributed by atoms with Gasteiger partial charge in [-0.25, -0.2) is 0 Å². The molecule has 1 nitrogen and oxygen atoms in total. The summed E-state index contributed by atoms with van der Waals surface area (Å²) in [6, 6.07) is 12.9. The van der Waals surface area contributed by atoms with Gasteiger partial charge in [0.05, 0.1) is 0 Å². The van der Waals surface area contributed by atoms with Crippen molar-refractivity contribution in [2.24, 2.45) is 0 Å². The number of rotatable bonds is 1. The van der Waals surface area contributed by atoms with Crippen LogP contribution in [-0.4, -0.2) is 0 Å². The molecule has 1 heteroatoms. The fraction of sp³-hybridized carbons (Fsp3) is 0.368. The van der Waals surface area contributed by atoms with E-state index in [-0.39, 0.29) is 5.41 Å². The second kappa shape index (κ2) is 4.37. The molecule has 0 N–H and O–H groups in total. The highest BCUT2D eigenvalue weighted by Crippen LogP contribution is 2.38. The summed E-state index contributed by atoms with van der Waals surface area (Å²) in [5.74, 6) is 0.487. The molecule has 2 aromatic carbocycles. The van der Waals surface area contributed by atoms with Crippen molar-refractivity contribution in [1.29, 1.82) is 0 Å². The van der Waals surface area contributed by atoms with Gasteiger partial charge in [0.25, 0.3) is 0 Å². The first kappa shape index (κ1) is 13.2. The smallest absolute Gasteiger partial charge is 0.136 e. The Morgan fingerprint density at radius 2 is 1.65 bits per heavy atom. The summed E-state index contributed by atoms with van der Waals surface area (Å²) in [4.78, 5) is 0. The van der Waals surface area contributed by atoms with E-state index in [1.54, 1.807) is 0 Å². The predicted molar refractivity (Wildman–Crippen MR) is 86.5 cm³/mol. The lowest BCUT2D eigenvalue weighted by Crippen LogP contribution is -2.11. The van der Waals surface area contributed by atoms with Crippen molar-refractivity contribution < 1.29 is 4.42 Å². The van der Waals surface area contributed by atoms with E-state index >= 15 is 0 Å². The first-order chi connectivity index (χ1) is 9.38. The Labute approximate surface area is 120 Å². The van der Waals surface area contributed by atoms with Crippen LogP contribution in [0.25, 0.3) is 21.9 Å². The Kier molecular flexibility index (Phi) is 2.89. The van der Waals surface area contributed by atoms with Gasteiger partial charge in [-0.15, -0.1) is 0 Å². The van der Waals surface area contributed by atoms with Crippen molar-refractivity contribution in [3.05, 3.63) is 47.5 Å². The normalized spacial score (nSPS) is 12.7. The number of furan rings is 1. The molecule has 0 spiro atoms. The van der Waals surface area contributed by atoms with Crippen LogP contribution in [-0.2, 0) is 5.41 Å². The summed E-state index contributed by atoms with van der Waals surface area (Å²) >= 11 is 0. The largest absolute Gasteiger partial charge is 0.456 e. The summed E-state index contributed by atoms with van der Waals surface area (Å²) < 4.78 is 6.08. The Hall–Kier alpha value is -1.76. The molecule has 0 atom stereocenters. The van der Waals surface area contributed by atoms with Crippen LogP contribution in [0, 0.1) is 0 Å². The Bertz CT molecular complexity index is 769. The molecule has 0 radical (unpaired) electrons. The van der Waals surface area contributed by atoms with Crippen LogP contribution >= 0.6 is 0 Å². The zero-order chi connectivity index (χ0) is 14.5. The van der Waals surface area contributed by atoms with Crippen molar-refractivity contribution in [3.63, 3.8) is 0 Å². The minimum Gasteiger partial charge on any atom is -0.456 e. The molecule has 1 heterocycles. The van der Waals surface area contributed by atoms with Gasteiger partial charge in [0.2, 0.25) is 0 Å². The maximum absolute atomic E-state index is 6.08. The van der Waals surface area contributed by atoms with E-state index in [9.17, 15) is 0 Å². The van der Waals surface area contributed by atoms with Gasteiger partial charge < -0.3 is 4.42 Å². The molecule has 3 aromatic rings. The predicted octanol–water partition coefficient (Wildman–Crippen LogP) is 6.01. The molecule has 1 aromatic heterocycles. The molecule has 0 aliphatic rings. The van der Waals surface area contributed by atoms with Crippen LogP contribution < -0.4 is 0 Å². The van der Waals surface area contributed by atoms with Gasteiger partial charge in [0.1, 0.15) is 11.2 Å². The molecule has 0 bridgehead atoms. The third-order valence-electron chi connectivity index (χ3n) is 4.00. The molecule has 0 fully saturated rings. The van der Waals surface area contributed by atoms with E-state index in [1.807, 2.05) is 6.07 Å². The summed E-state index contributed by atoms with van der Waals surface area (Å²) in [6.07, 6.45) is 0. The topological polar surface area (TPSA) is 13.1 Å². The van der Waals surface area contributed by atoms with Gasteiger partial charge in [-0.2, -0.15) is 0 Å². The summed E-state index contributed by atoms with van der Waals surface area (Å²) in [5, 5.41) is 2.51. The fourth-order valence-electron chi connectivity index (χ4n) is 2.77. The first-order valence-electron chi connectivity index (χ1n) is 7.33. The van der Waals surface area contributed by atoms with E-state index in [4.69, 9.17) is 4.42 Å². The molecule has 3 rings (SSSR count). The quantitative estimate of drug-likeness (QED) is 0.526. The average molecular weight is 266 g/mol. The van der Waals surface area contributed by atoms with Crippen molar-refractivity contribution >= 4 is 21.9 Å². The van der Waals surface area contributed by atoms with Crippen molar-refractivity contribution in [1.82, 2.24) is 0 Å². The maximum Gasteiger partial charge on any atom is 0.136 e. The highest BCUT2D eigenvalue weighted by molar-refractivity contribution is 6.07. The number of hydrogen-bond donors (Lipinski definition) is 0. The summed E-state index contributed by atoms with van der Waals surface area (Å²) in [7, 11) is 0. The zero-order valence-electron chi connectivity index (χ0n) is 12.9. The molecule has 104 valence electrons. The van der Waals surface area contributed by atoms with Gasteiger partial charge in [-0.05, 0) is 34.6 Å². The third-order valence-corrected chi connectivity index (χ3v) is 4.00. The van der Waals surface area contributed by atoms with Crippen molar-refractivity contribution in [2.75, 3.05) is 0 Å². The number of para-hydroxylation sites is 1. The average Bonchev–Trinajstić information content (AvgIpc) is 2.74. The lowest BCUT2D eigenvalue weighted by molar-refractivity contribution is 0.586. The SMILES string of the molecule is CC(C)c1cc(C(C)(C)C)cc2oc3ccccc3c12. The lowest BCUT2D eigenvalue weighted by Gasteiger charge is -2.21. The van der Waals surface area contributed by atoms with Crippen LogP contribution in [0.15, 0.2) is 40.8 Å². The molecule has 0 aliphatic carbocycles. The molecular formula is C19H22O. The van der Waals surface area contributed by atoms with Crippen LogP contribution in [0.2, 0.25) is 0 Å². The van der Waals surface area contributed by atoms with E-state index < -0.39 is 0 Å². The number of hydrogen-bond acceptors (Lipinski definition) is 1.